The van der Waals surface area contributed by atoms with Gasteiger partial charge in [-0.05, 0) is 50.7 Å². The van der Waals surface area contributed by atoms with Gasteiger partial charge in [0, 0.05) is 23.8 Å². The molecule has 2 rings (SSSR count). The number of aromatic nitrogens is 1. The molecule has 1 fully saturated rings. The third-order valence-corrected chi connectivity index (χ3v) is 4.42. The molecule has 0 radical (unpaired) electrons. The Labute approximate surface area is 129 Å². The van der Waals surface area contributed by atoms with Gasteiger partial charge in [-0.15, -0.1) is 0 Å². The highest BCUT2D eigenvalue weighted by atomic mass is 16.5. The molecule has 0 amide bonds. The summed E-state index contributed by atoms with van der Waals surface area (Å²) in [6.07, 6.45) is 5.37. The average Bonchev–Trinajstić information content (AvgIpc) is 2.40. The van der Waals surface area contributed by atoms with Gasteiger partial charge in [-0.1, -0.05) is 27.2 Å². The number of hydrogen-bond donors (Lipinski definition) is 1. The minimum atomic E-state index is 0.324. The van der Waals surface area contributed by atoms with E-state index in [0.717, 1.165) is 24.5 Å². The molecule has 1 aromatic heterocycles. The first-order chi connectivity index (χ1) is 9.97. The van der Waals surface area contributed by atoms with Crippen LogP contribution >= 0.6 is 0 Å². The summed E-state index contributed by atoms with van der Waals surface area (Å²) in [7, 11) is 0. The molecular weight excluding hydrogens is 260 g/mol. The van der Waals surface area contributed by atoms with Crippen molar-refractivity contribution in [1.29, 1.82) is 0 Å². The largest absolute Gasteiger partial charge is 0.474 e. The van der Waals surface area contributed by atoms with Crippen molar-refractivity contribution >= 4 is 0 Å². The van der Waals surface area contributed by atoms with E-state index in [2.05, 4.69) is 44.1 Å². The van der Waals surface area contributed by atoms with E-state index < -0.39 is 0 Å². The lowest BCUT2D eigenvalue weighted by Gasteiger charge is -2.30. The summed E-state index contributed by atoms with van der Waals surface area (Å²) in [4.78, 5) is 4.68. The highest BCUT2D eigenvalue weighted by Gasteiger charge is 2.24. The van der Waals surface area contributed by atoms with E-state index in [-0.39, 0.29) is 0 Å². The van der Waals surface area contributed by atoms with Crippen molar-refractivity contribution in [3.05, 3.63) is 22.9 Å². The van der Waals surface area contributed by atoms with Gasteiger partial charge in [0.2, 0.25) is 5.88 Å². The van der Waals surface area contributed by atoms with Crippen molar-refractivity contribution in [1.82, 2.24) is 10.3 Å². The maximum atomic E-state index is 6.34. The molecule has 0 spiro atoms. The van der Waals surface area contributed by atoms with Gasteiger partial charge >= 0.3 is 0 Å². The predicted molar refractivity (Wildman–Crippen MR) is 87.7 cm³/mol. The fraction of sp³-hybridized carbons (Fsp3) is 0.722. The number of pyridine rings is 1. The molecule has 1 heterocycles. The molecule has 0 aliphatic heterocycles. The van der Waals surface area contributed by atoms with Crippen molar-refractivity contribution in [2.24, 2.45) is 5.92 Å². The monoisotopic (exact) mass is 290 g/mol. The molecule has 1 saturated carbocycles. The highest BCUT2D eigenvalue weighted by molar-refractivity contribution is 5.36. The molecule has 1 aromatic rings. The lowest BCUT2D eigenvalue weighted by atomic mass is 9.88. The molecule has 118 valence electrons. The Hall–Kier alpha value is -1.09. The Balaban J connectivity index is 2.19. The van der Waals surface area contributed by atoms with E-state index in [0.29, 0.717) is 18.1 Å². The van der Waals surface area contributed by atoms with E-state index in [9.17, 15) is 0 Å². The molecule has 2 unspecified atom stereocenters. The maximum Gasteiger partial charge on any atom is 0.218 e. The first-order valence-corrected chi connectivity index (χ1v) is 8.34. The van der Waals surface area contributed by atoms with Crippen LogP contribution in [0.15, 0.2) is 6.07 Å². The predicted octanol–water partition coefficient (Wildman–Crippen LogP) is 4.15. The fourth-order valence-corrected chi connectivity index (χ4v) is 3.05. The molecule has 21 heavy (non-hydrogen) atoms. The van der Waals surface area contributed by atoms with Gasteiger partial charge in [-0.2, -0.15) is 0 Å². The minimum absolute atomic E-state index is 0.324. The second-order valence-corrected chi connectivity index (χ2v) is 6.82. The second kappa shape index (κ2) is 7.26. The van der Waals surface area contributed by atoms with Crippen LogP contribution in [0.1, 0.15) is 63.3 Å². The quantitative estimate of drug-likeness (QED) is 0.884. The topological polar surface area (TPSA) is 34.1 Å². The maximum absolute atomic E-state index is 6.34. The van der Waals surface area contributed by atoms with Crippen LogP contribution in [0.5, 0.6) is 5.88 Å². The number of nitrogens with zero attached hydrogens (tertiary/aromatic N) is 1. The molecular formula is C18H30N2O. The van der Waals surface area contributed by atoms with Crippen LogP contribution in [-0.4, -0.2) is 17.1 Å². The third kappa shape index (κ3) is 4.44. The summed E-state index contributed by atoms with van der Waals surface area (Å²) >= 11 is 0. The molecule has 1 N–H and O–H groups in total. The summed E-state index contributed by atoms with van der Waals surface area (Å²) in [5, 5.41) is 3.49. The van der Waals surface area contributed by atoms with Gasteiger partial charge in [0.05, 0.1) is 0 Å². The summed E-state index contributed by atoms with van der Waals surface area (Å²) in [5.74, 6) is 1.48. The molecule has 1 aliphatic rings. The van der Waals surface area contributed by atoms with Crippen molar-refractivity contribution < 1.29 is 4.74 Å². The lowest BCUT2D eigenvalue weighted by molar-refractivity contribution is 0.0960. The average molecular weight is 290 g/mol. The van der Waals surface area contributed by atoms with Gasteiger partial charge in [0.15, 0.2) is 0 Å². The summed E-state index contributed by atoms with van der Waals surface area (Å²) in [6, 6.07) is 2.61. The van der Waals surface area contributed by atoms with Crippen LogP contribution in [0.2, 0.25) is 0 Å². The van der Waals surface area contributed by atoms with Crippen molar-refractivity contribution in [2.75, 3.05) is 0 Å². The third-order valence-electron chi connectivity index (χ3n) is 4.42. The second-order valence-electron chi connectivity index (χ2n) is 6.82. The molecule has 0 saturated heterocycles. The molecule has 3 nitrogen and oxygen atoms in total. The van der Waals surface area contributed by atoms with Gasteiger partial charge in [0.1, 0.15) is 6.10 Å². The Kier molecular flexibility index (Phi) is 5.63. The van der Waals surface area contributed by atoms with Crippen LogP contribution < -0.4 is 10.1 Å². The normalized spacial score (nSPS) is 22.6. The van der Waals surface area contributed by atoms with E-state index in [1.54, 1.807) is 0 Å². The van der Waals surface area contributed by atoms with Crippen molar-refractivity contribution in [3.8, 4) is 5.88 Å². The van der Waals surface area contributed by atoms with Crippen LogP contribution in [0.25, 0.3) is 0 Å². The van der Waals surface area contributed by atoms with Gasteiger partial charge in [-0.25, -0.2) is 4.98 Å². The Morgan fingerprint density at radius 2 is 2.00 bits per heavy atom. The van der Waals surface area contributed by atoms with Crippen LogP contribution in [-0.2, 0) is 6.54 Å². The van der Waals surface area contributed by atoms with Crippen LogP contribution in [0, 0.1) is 19.8 Å². The highest BCUT2D eigenvalue weighted by Crippen LogP contribution is 2.30. The number of rotatable bonds is 5. The zero-order valence-electron chi connectivity index (χ0n) is 14.2. The number of hydrogen-bond acceptors (Lipinski definition) is 3. The van der Waals surface area contributed by atoms with Crippen molar-refractivity contribution in [2.45, 2.75) is 79.0 Å². The Morgan fingerprint density at radius 3 is 2.67 bits per heavy atom. The summed E-state index contributed by atoms with van der Waals surface area (Å²) < 4.78 is 6.34. The zero-order valence-corrected chi connectivity index (χ0v) is 14.2. The lowest BCUT2D eigenvalue weighted by Crippen LogP contribution is -2.30. The number of nitrogens with one attached hydrogen (secondary N) is 1. The van der Waals surface area contributed by atoms with E-state index in [1.807, 2.05) is 6.92 Å². The first kappa shape index (κ1) is 16.3. The molecule has 3 heteroatoms. The van der Waals surface area contributed by atoms with Gasteiger partial charge < -0.3 is 10.1 Å². The smallest absolute Gasteiger partial charge is 0.218 e. The zero-order chi connectivity index (χ0) is 15.4. The standard InChI is InChI=1S/C18H30N2O/c1-12(2)19-11-16-14(4)10-15(5)20-18(16)21-17-9-7-6-8-13(17)3/h10,12-13,17,19H,6-9,11H2,1-5H3. The Morgan fingerprint density at radius 1 is 1.29 bits per heavy atom. The van der Waals surface area contributed by atoms with E-state index >= 15 is 0 Å². The fourth-order valence-electron chi connectivity index (χ4n) is 3.05. The van der Waals surface area contributed by atoms with E-state index in [4.69, 9.17) is 4.74 Å². The molecule has 2 atom stereocenters. The molecule has 0 bridgehead atoms. The van der Waals surface area contributed by atoms with Gasteiger partial charge in [-0.3, -0.25) is 0 Å². The Bertz CT molecular complexity index is 471. The number of ether oxygens (including phenoxy) is 1. The van der Waals surface area contributed by atoms with Crippen LogP contribution in [0.3, 0.4) is 0 Å². The molecule has 0 aromatic carbocycles. The summed E-state index contributed by atoms with van der Waals surface area (Å²) in [6.45, 7) is 11.7. The minimum Gasteiger partial charge on any atom is -0.474 e. The SMILES string of the molecule is Cc1cc(C)c(CNC(C)C)c(OC2CCCCC2C)n1. The van der Waals surface area contributed by atoms with Gasteiger partial charge in [0.25, 0.3) is 0 Å². The number of aryl methyl sites for hydroxylation is 2. The summed E-state index contributed by atoms with van der Waals surface area (Å²) in [5.41, 5.74) is 3.53. The first-order valence-electron chi connectivity index (χ1n) is 8.34. The van der Waals surface area contributed by atoms with Crippen LogP contribution in [0.4, 0.5) is 0 Å². The van der Waals surface area contributed by atoms with Crippen molar-refractivity contribution in [3.63, 3.8) is 0 Å². The molecule has 1 aliphatic carbocycles. The van der Waals surface area contributed by atoms with E-state index in [1.165, 1.54) is 30.4 Å².